The highest BCUT2D eigenvalue weighted by Gasteiger charge is 2.28. The Morgan fingerprint density at radius 3 is 2.38 bits per heavy atom. The van der Waals surface area contributed by atoms with Crippen molar-refractivity contribution in [3.63, 3.8) is 0 Å². The van der Waals surface area contributed by atoms with Crippen LogP contribution in [0.3, 0.4) is 0 Å². The maximum absolute atomic E-state index is 12.8. The third-order valence-electron chi connectivity index (χ3n) is 6.77. The molecule has 0 atom stereocenters. The van der Waals surface area contributed by atoms with Crippen LogP contribution in [0.5, 0.6) is 11.5 Å². The number of ether oxygens (including phenoxy) is 2. The van der Waals surface area contributed by atoms with Crippen molar-refractivity contribution in [2.24, 2.45) is 5.92 Å². The number of hydrogen-bond donors (Lipinski definition) is 1. The molecular formula is C24H32N4O5S. The van der Waals surface area contributed by atoms with Crippen molar-refractivity contribution in [1.29, 1.82) is 0 Å². The number of benzene rings is 1. The first-order valence-corrected chi connectivity index (χ1v) is 12.8. The first-order valence-electron chi connectivity index (χ1n) is 11.8. The number of thioether (sulfide) groups is 1. The lowest BCUT2D eigenvalue weighted by molar-refractivity contribution is -0.145. The van der Waals surface area contributed by atoms with E-state index in [1.807, 2.05) is 18.2 Å². The maximum Gasteiger partial charge on any atom is 0.306 e. The molecule has 0 spiro atoms. The van der Waals surface area contributed by atoms with Crippen LogP contribution >= 0.6 is 11.8 Å². The molecule has 1 saturated heterocycles. The van der Waals surface area contributed by atoms with Crippen LogP contribution in [0.2, 0.25) is 0 Å². The zero-order chi connectivity index (χ0) is 24.1. The molecule has 34 heavy (non-hydrogen) atoms. The van der Waals surface area contributed by atoms with E-state index in [2.05, 4.69) is 14.8 Å². The van der Waals surface area contributed by atoms with Crippen molar-refractivity contribution in [2.45, 2.75) is 56.1 Å². The molecule has 2 heterocycles. The number of carboxylic acid groups (broad SMARTS) is 1. The van der Waals surface area contributed by atoms with Gasteiger partial charge in [0.1, 0.15) is 0 Å². The molecule has 1 amide bonds. The first kappa shape index (κ1) is 24.4. The molecule has 2 aromatic rings. The molecule has 1 saturated carbocycles. The number of carboxylic acids is 1. The van der Waals surface area contributed by atoms with Crippen LogP contribution in [-0.2, 0) is 9.59 Å². The van der Waals surface area contributed by atoms with Gasteiger partial charge in [-0.2, -0.15) is 0 Å². The van der Waals surface area contributed by atoms with Gasteiger partial charge in [0.05, 0.1) is 25.9 Å². The molecule has 0 unspecified atom stereocenters. The Balaban J connectivity index is 1.53. The molecule has 1 N–H and O–H groups in total. The lowest BCUT2D eigenvalue weighted by atomic mass is 9.95. The van der Waals surface area contributed by atoms with Gasteiger partial charge in [0, 0.05) is 24.7 Å². The largest absolute Gasteiger partial charge is 0.493 e. The molecule has 1 aromatic carbocycles. The lowest BCUT2D eigenvalue weighted by Gasteiger charge is -2.30. The zero-order valence-corrected chi connectivity index (χ0v) is 20.6. The number of nitrogens with zero attached hydrogens (tertiary/aromatic N) is 4. The van der Waals surface area contributed by atoms with Crippen LogP contribution in [0, 0.1) is 5.92 Å². The minimum atomic E-state index is -0.773. The van der Waals surface area contributed by atoms with Gasteiger partial charge < -0.3 is 19.5 Å². The zero-order valence-electron chi connectivity index (χ0n) is 19.7. The summed E-state index contributed by atoms with van der Waals surface area (Å²) in [6, 6.07) is 6.02. The number of amides is 1. The third kappa shape index (κ3) is 5.32. The molecule has 0 bridgehead atoms. The molecule has 184 valence electrons. The van der Waals surface area contributed by atoms with Crippen LogP contribution in [0.1, 0.15) is 51.0 Å². The van der Waals surface area contributed by atoms with Crippen LogP contribution in [-0.4, -0.2) is 69.7 Å². The highest BCUT2D eigenvalue weighted by Crippen LogP contribution is 2.38. The summed E-state index contributed by atoms with van der Waals surface area (Å²) in [6.07, 6.45) is 6.69. The molecule has 4 rings (SSSR count). The Morgan fingerprint density at radius 1 is 1.03 bits per heavy atom. The van der Waals surface area contributed by atoms with E-state index in [-0.39, 0.29) is 23.6 Å². The molecular weight excluding hydrogens is 456 g/mol. The number of hydrogen-bond acceptors (Lipinski definition) is 7. The molecule has 2 aliphatic rings. The number of methoxy groups -OCH3 is 2. The average molecular weight is 489 g/mol. The number of likely N-dealkylation sites (tertiary alicyclic amines) is 1. The van der Waals surface area contributed by atoms with Crippen LogP contribution in [0.15, 0.2) is 23.4 Å². The normalized spacial score (nSPS) is 17.5. The van der Waals surface area contributed by atoms with E-state index in [1.165, 1.54) is 18.2 Å². The Hall–Kier alpha value is -2.75. The molecule has 10 heteroatoms. The standard InChI is InChI=1S/C24H32N4O5S/c1-32-19-9-8-17(14-20(19)33-2)22-25-26-24(28(22)18-6-4-3-5-7-18)34-15-21(29)27-12-10-16(11-13-27)23(30)31/h8-9,14,16,18H,3-7,10-13,15H2,1-2H3,(H,30,31). The third-order valence-corrected chi connectivity index (χ3v) is 7.70. The number of carbonyl (C=O) groups excluding carboxylic acids is 1. The molecule has 1 aliphatic carbocycles. The van der Waals surface area contributed by atoms with Crippen LogP contribution < -0.4 is 9.47 Å². The lowest BCUT2D eigenvalue weighted by Crippen LogP contribution is -2.41. The van der Waals surface area contributed by atoms with E-state index in [0.717, 1.165) is 42.2 Å². The summed E-state index contributed by atoms with van der Waals surface area (Å²) >= 11 is 1.41. The number of piperidine rings is 1. The summed E-state index contributed by atoms with van der Waals surface area (Å²) in [4.78, 5) is 25.8. The molecule has 1 aliphatic heterocycles. The van der Waals surface area contributed by atoms with E-state index in [9.17, 15) is 14.7 Å². The van der Waals surface area contributed by atoms with E-state index in [4.69, 9.17) is 9.47 Å². The van der Waals surface area contributed by atoms with E-state index in [0.29, 0.717) is 37.4 Å². The van der Waals surface area contributed by atoms with Gasteiger partial charge in [0.15, 0.2) is 22.5 Å². The van der Waals surface area contributed by atoms with Crippen molar-refractivity contribution in [3.05, 3.63) is 18.2 Å². The number of aromatic nitrogens is 3. The van der Waals surface area contributed by atoms with Crippen molar-refractivity contribution >= 4 is 23.6 Å². The Morgan fingerprint density at radius 2 is 1.74 bits per heavy atom. The second kappa shape index (κ2) is 11.1. The summed E-state index contributed by atoms with van der Waals surface area (Å²) in [5.41, 5.74) is 0.893. The van der Waals surface area contributed by atoms with Gasteiger partial charge in [0.2, 0.25) is 5.91 Å². The molecule has 2 fully saturated rings. The van der Waals surface area contributed by atoms with Gasteiger partial charge in [-0.25, -0.2) is 0 Å². The second-order valence-corrected chi connectivity index (χ2v) is 9.76. The SMILES string of the molecule is COc1ccc(-c2nnc(SCC(=O)N3CCC(C(=O)O)CC3)n2C2CCCCC2)cc1OC. The fourth-order valence-electron chi connectivity index (χ4n) is 4.81. The van der Waals surface area contributed by atoms with Gasteiger partial charge in [-0.3, -0.25) is 14.2 Å². The number of carbonyl (C=O) groups is 2. The summed E-state index contributed by atoms with van der Waals surface area (Å²) < 4.78 is 13.0. The van der Waals surface area contributed by atoms with Gasteiger partial charge in [0.25, 0.3) is 0 Å². The second-order valence-electron chi connectivity index (χ2n) is 8.82. The van der Waals surface area contributed by atoms with Crippen molar-refractivity contribution in [2.75, 3.05) is 33.1 Å². The van der Waals surface area contributed by atoms with E-state index < -0.39 is 5.97 Å². The first-order chi connectivity index (χ1) is 16.5. The summed E-state index contributed by atoms with van der Waals surface area (Å²) in [5, 5.41) is 18.9. The Bertz CT molecular complexity index is 1010. The molecule has 9 nitrogen and oxygen atoms in total. The minimum absolute atomic E-state index is 0.0136. The predicted molar refractivity (Wildman–Crippen MR) is 128 cm³/mol. The average Bonchev–Trinajstić information content (AvgIpc) is 3.31. The number of rotatable bonds is 8. The van der Waals surface area contributed by atoms with Gasteiger partial charge in [-0.05, 0) is 43.9 Å². The van der Waals surface area contributed by atoms with E-state index in [1.54, 1.807) is 19.1 Å². The monoisotopic (exact) mass is 488 g/mol. The van der Waals surface area contributed by atoms with Gasteiger partial charge >= 0.3 is 5.97 Å². The highest BCUT2D eigenvalue weighted by molar-refractivity contribution is 7.99. The number of aliphatic carboxylic acids is 1. The van der Waals surface area contributed by atoms with Crippen LogP contribution in [0.25, 0.3) is 11.4 Å². The fraction of sp³-hybridized carbons (Fsp3) is 0.583. The quantitative estimate of drug-likeness (QED) is 0.558. The molecule has 1 aromatic heterocycles. The minimum Gasteiger partial charge on any atom is -0.493 e. The highest BCUT2D eigenvalue weighted by atomic mass is 32.2. The topological polar surface area (TPSA) is 107 Å². The summed E-state index contributed by atoms with van der Waals surface area (Å²) in [5.74, 6) is 1.20. The summed E-state index contributed by atoms with van der Waals surface area (Å²) in [6.45, 7) is 0.977. The van der Waals surface area contributed by atoms with Crippen LogP contribution in [0.4, 0.5) is 0 Å². The van der Waals surface area contributed by atoms with Gasteiger partial charge in [-0.1, -0.05) is 31.0 Å². The smallest absolute Gasteiger partial charge is 0.306 e. The predicted octanol–water partition coefficient (Wildman–Crippen LogP) is 3.88. The van der Waals surface area contributed by atoms with Crippen molar-refractivity contribution < 1.29 is 24.2 Å². The van der Waals surface area contributed by atoms with E-state index >= 15 is 0 Å². The van der Waals surface area contributed by atoms with Crippen molar-refractivity contribution in [1.82, 2.24) is 19.7 Å². The van der Waals surface area contributed by atoms with Crippen molar-refractivity contribution in [3.8, 4) is 22.9 Å². The Kier molecular flexibility index (Phi) is 7.97. The Labute approximate surface area is 203 Å². The maximum atomic E-state index is 12.8. The fourth-order valence-corrected chi connectivity index (χ4v) is 5.72. The van der Waals surface area contributed by atoms with Gasteiger partial charge in [-0.15, -0.1) is 10.2 Å². The molecule has 0 radical (unpaired) electrons. The summed E-state index contributed by atoms with van der Waals surface area (Å²) in [7, 11) is 3.22.